The first-order valence-electron chi connectivity index (χ1n) is 6.61. The number of benzene rings is 1. The summed E-state index contributed by atoms with van der Waals surface area (Å²) in [5.74, 6) is 2.20. The maximum atomic E-state index is 5.16. The Bertz CT molecular complexity index is 313. The van der Waals surface area contributed by atoms with Gasteiger partial charge in [-0.2, -0.15) is 11.8 Å². The zero-order chi connectivity index (χ0) is 13.2. The second kappa shape index (κ2) is 9.29. The first-order valence-corrected chi connectivity index (χ1v) is 8.01. The van der Waals surface area contributed by atoms with Crippen LogP contribution < -0.4 is 10.1 Å². The molecule has 0 aromatic heterocycles. The average molecular weight is 267 g/mol. The molecule has 0 saturated carbocycles. The normalized spacial score (nSPS) is 12.4. The third-order valence-corrected chi connectivity index (χ3v) is 3.67. The van der Waals surface area contributed by atoms with Crippen molar-refractivity contribution in [2.45, 2.75) is 32.2 Å². The second-order valence-corrected chi connectivity index (χ2v) is 5.59. The molecule has 102 valence electrons. The van der Waals surface area contributed by atoms with E-state index in [0.717, 1.165) is 18.7 Å². The number of nitrogens with one attached hydrogen (secondary N) is 1. The summed E-state index contributed by atoms with van der Waals surface area (Å²) >= 11 is 1.93. The van der Waals surface area contributed by atoms with Crippen LogP contribution in [-0.2, 0) is 6.42 Å². The van der Waals surface area contributed by atoms with Gasteiger partial charge in [0.05, 0.1) is 7.11 Å². The van der Waals surface area contributed by atoms with Crippen molar-refractivity contribution < 1.29 is 4.74 Å². The van der Waals surface area contributed by atoms with Crippen LogP contribution in [0.25, 0.3) is 0 Å². The number of hydrogen-bond donors (Lipinski definition) is 1. The third kappa shape index (κ3) is 6.31. The Morgan fingerprint density at radius 1 is 1.22 bits per heavy atom. The number of rotatable bonds is 9. The van der Waals surface area contributed by atoms with Gasteiger partial charge in [0.1, 0.15) is 5.75 Å². The van der Waals surface area contributed by atoms with Crippen molar-refractivity contribution in [2.75, 3.05) is 25.7 Å². The minimum absolute atomic E-state index is 0.535. The first-order chi connectivity index (χ1) is 8.76. The Balaban J connectivity index is 2.20. The lowest BCUT2D eigenvalue weighted by Crippen LogP contribution is -2.29. The minimum Gasteiger partial charge on any atom is -0.497 e. The molecule has 1 N–H and O–H groups in total. The van der Waals surface area contributed by atoms with Gasteiger partial charge < -0.3 is 10.1 Å². The molecule has 1 rings (SSSR count). The Kier molecular flexibility index (Phi) is 7.94. The summed E-state index contributed by atoms with van der Waals surface area (Å²) in [5, 5.41) is 3.58. The standard InChI is InChI=1S/C15H25NOS/c1-13(16-10-4-5-11-18-3)12-14-6-8-15(17-2)9-7-14/h6-9,13,16H,4-5,10-12H2,1-3H3. The average Bonchev–Trinajstić information content (AvgIpc) is 2.39. The first kappa shape index (κ1) is 15.4. The van der Waals surface area contributed by atoms with Crippen molar-refractivity contribution in [3.8, 4) is 5.75 Å². The van der Waals surface area contributed by atoms with E-state index >= 15 is 0 Å². The molecule has 0 aliphatic rings. The van der Waals surface area contributed by atoms with Gasteiger partial charge in [-0.05, 0) is 62.4 Å². The fourth-order valence-corrected chi connectivity index (χ4v) is 2.40. The Labute approximate surface area is 116 Å². The third-order valence-electron chi connectivity index (χ3n) is 2.97. The molecule has 1 aromatic carbocycles. The highest BCUT2D eigenvalue weighted by atomic mass is 32.2. The van der Waals surface area contributed by atoms with E-state index in [9.17, 15) is 0 Å². The maximum Gasteiger partial charge on any atom is 0.118 e. The zero-order valence-corrected chi connectivity index (χ0v) is 12.6. The van der Waals surface area contributed by atoms with E-state index in [2.05, 4.69) is 30.6 Å². The van der Waals surface area contributed by atoms with E-state index in [1.807, 2.05) is 23.9 Å². The summed E-state index contributed by atoms with van der Waals surface area (Å²) in [4.78, 5) is 0. The van der Waals surface area contributed by atoms with Gasteiger partial charge in [-0.1, -0.05) is 12.1 Å². The van der Waals surface area contributed by atoms with Gasteiger partial charge in [0.15, 0.2) is 0 Å². The summed E-state index contributed by atoms with van der Waals surface area (Å²) in [7, 11) is 1.70. The van der Waals surface area contributed by atoms with Gasteiger partial charge >= 0.3 is 0 Å². The zero-order valence-electron chi connectivity index (χ0n) is 11.7. The minimum atomic E-state index is 0.535. The highest BCUT2D eigenvalue weighted by molar-refractivity contribution is 7.98. The number of thioether (sulfide) groups is 1. The highest BCUT2D eigenvalue weighted by Gasteiger charge is 2.02. The number of ether oxygens (including phenoxy) is 1. The second-order valence-electron chi connectivity index (χ2n) is 4.61. The lowest BCUT2D eigenvalue weighted by molar-refractivity contribution is 0.414. The monoisotopic (exact) mass is 267 g/mol. The van der Waals surface area contributed by atoms with Crippen LogP contribution >= 0.6 is 11.8 Å². The lowest BCUT2D eigenvalue weighted by Gasteiger charge is -2.14. The molecule has 0 bridgehead atoms. The van der Waals surface area contributed by atoms with Crippen LogP contribution in [0, 0.1) is 0 Å². The van der Waals surface area contributed by atoms with E-state index in [4.69, 9.17) is 4.74 Å². The van der Waals surface area contributed by atoms with E-state index in [1.165, 1.54) is 24.2 Å². The fraction of sp³-hybridized carbons (Fsp3) is 0.600. The molecule has 0 heterocycles. The molecular formula is C15H25NOS. The molecule has 2 nitrogen and oxygen atoms in total. The molecule has 0 radical (unpaired) electrons. The van der Waals surface area contributed by atoms with Gasteiger partial charge in [0, 0.05) is 6.04 Å². The molecule has 0 spiro atoms. The number of unbranched alkanes of at least 4 members (excludes halogenated alkanes) is 1. The molecule has 3 heteroatoms. The van der Waals surface area contributed by atoms with Crippen LogP contribution in [0.4, 0.5) is 0 Å². The molecular weight excluding hydrogens is 242 g/mol. The summed E-state index contributed by atoms with van der Waals surface area (Å²) in [6.45, 7) is 3.37. The summed E-state index contributed by atoms with van der Waals surface area (Å²) in [5.41, 5.74) is 1.36. The largest absolute Gasteiger partial charge is 0.497 e. The van der Waals surface area contributed by atoms with Gasteiger partial charge in [0.2, 0.25) is 0 Å². The van der Waals surface area contributed by atoms with E-state index < -0.39 is 0 Å². The van der Waals surface area contributed by atoms with E-state index in [1.54, 1.807) is 7.11 Å². The smallest absolute Gasteiger partial charge is 0.118 e. The van der Waals surface area contributed by atoms with Crippen LogP contribution in [0.15, 0.2) is 24.3 Å². The number of hydrogen-bond acceptors (Lipinski definition) is 3. The molecule has 0 amide bonds. The van der Waals surface area contributed by atoms with Crippen LogP contribution in [0.1, 0.15) is 25.3 Å². The van der Waals surface area contributed by atoms with Crippen molar-refractivity contribution in [1.82, 2.24) is 5.32 Å². The molecule has 18 heavy (non-hydrogen) atoms. The van der Waals surface area contributed by atoms with Gasteiger partial charge in [0.25, 0.3) is 0 Å². The van der Waals surface area contributed by atoms with Crippen LogP contribution in [0.2, 0.25) is 0 Å². The topological polar surface area (TPSA) is 21.3 Å². The molecule has 1 atom stereocenters. The Morgan fingerprint density at radius 3 is 2.56 bits per heavy atom. The van der Waals surface area contributed by atoms with Crippen molar-refractivity contribution in [3.63, 3.8) is 0 Å². The number of methoxy groups -OCH3 is 1. The highest BCUT2D eigenvalue weighted by Crippen LogP contribution is 2.12. The van der Waals surface area contributed by atoms with Crippen LogP contribution in [-0.4, -0.2) is 31.7 Å². The Hall–Kier alpha value is -0.670. The summed E-state index contributed by atoms with van der Waals surface area (Å²) in [6.07, 6.45) is 5.82. The van der Waals surface area contributed by atoms with Gasteiger partial charge in [-0.25, -0.2) is 0 Å². The van der Waals surface area contributed by atoms with Gasteiger partial charge in [-0.15, -0.1) is 0 Å². The predicted molar refractivity (Wildman–Crippen MR) is 81.8 cm³/mol. The fourth-order valence-electron chi connectivity index (χ4n) is 1.91. The summed E-state index contributed by atoms with van der Waals surface area (Å²) < 4.78 is 5.16. The predicted octanol–water partition coefficient (Wildman–Crippen LogP) is 3.36. The maximum absolute atomic E-state index is 5.16. The van der Waals surface area contributed by atoms with E-state index in [0.29, 0.717) is 6.04 Å². The van der Waals surface area contributed by atoms with Crippen LogP contribution in [0.5, 0.6) is 5.75 Å². The molecule has 0 saturated heterocycles. The van der Waals surface area contributed by atoms with Crippen molar-refractivity contribution in [2.24, 2.45) is 0 Å². The Morgan fingerprint density at radius 2 is 1.94 bits per heavy atom. The quantitative estimate of drug-likeness (QED) is 0.693. The molecule has 0 fully saturated rings. The molecule has 0 aliphatic heterocycles. The van der Waals surface area contributed by atoms with Crippen molar-refractivity contribution in [1.29, 1.82) is 0 Å². The van der Waals surface area contributed by atoms with Crippen molar-refractivity contribution in [3.05, 3.63) is 29.8 Å². The molecule has 0 aliphatic carbocycles. The van der Waals surface area contributed by atoms with Gasteiger partial charge in [-0.3, -0.25) is 0 Å². The SMILES string of the molecule is COc1ccc(CC(C)NCCCCSC)cc1. The molecule has 1 aromatic rings. The molecule has 1 unspecified atom stereocenters. The van der Waals surface area contributed by atoms with Crippen LogP contribution in [0.3, 0.4) is 0 Å². The lowest BCUT2D eigenvalue weighted by atomic mass is 10.1. The summed E-state index contributed by atoms with van der Waals surface area (Å²) in [6, 6.07) is 8.88. The van der Waals surface area contributed by atoms with Crippen molar-refractivity contribution >= 4 is 11.8 Å². The van der Waals surface area contributed by atoms with E-state index in [-0.39, 0.29) is 0 Å².